The largest absolute Gasteiger partial charge is 0.326 e. The van der Waals surface area contributed by atoms with Crippen LogP contribution in [-0.4, -0.2) is 28.8 Å². The number of nitro benzene ring substituents is 1. The molecule has 1 atom stereocenters. The molecule has 6 nitrogen and oxygen atoms in total. The van der Waals surface area contributed by atoms with Crippen molar-refractivity contribution in [3.05, 3.63) is 39.4 Å². The molecule has 0 aliphatic heterocycles. The van der Waals surface area contributed by atoms with Crippen LogP contribution in [0.2, 0.25) is 0 Å². The predicted molar refractivity (Wildman–Crippen MR) is 65.0 cm³/mol. The Bertz CT molecular complexity index is 534. The van der Waals surface area contributed by atoms with Gasteiger partial charge < -0.3 is 4.90 Å². The zero-order valence-electron chi connectivity index (χ0n) is 10.4. The molecule has 1 rings (SSSR count). The number of nitro groups is 1. The van der Waals surface area contributed by atoms with Crippen LogP contribution in [0, 0.1) is 28.4 Å². The van der Waals surface area contributed by atoms with Gasteiger partial charge in [-0.1, -0.05) is 6.07 Å². The van der Waals surface area contributed by atoms with Crippen molar-refractivity contribution in [3.63, 3.8) is 0 Å². The van der Waals surface area contributed by atoms with Gasteiger partial charge in [-0.2, -0.15) is 5.26 Å². The van der Waals surface area contributed by atoms with Gasteiger partial charge in [-0.05, 0) is 19.9 Å². The summed E-state index contributed by atoms with van der Waals surface area (Å²) in [5.74, 6) is -0.398. The summed E-state index contributed by atoms with van der Waals surface area (Å²) < 4.78 is 0. The quantitative estimate of drug-likeness (QED) is 0.602. The van der Waals surface area contributed by atoms with Crippen molar-refractivity contribution >= 4 is 11.6 Å². The van der Waals surface area contributed by atoms with Gasteiger partial charge in [-0.15, -0.1) is 0 Å². The van der Waals surface area contributed by atoms with Crippen molar-refractivity contribution < 1.29 is 9.72 Å². The molecule has 0 saturated carbocycles. The lowest BCUT2D eigenvalue weighted by atomic mass is 10.1. The van der Waals surface area contributed by atoms with Crippen LogP contribution < -0.4 is 0 Å². The van der Waals surface area contributed by atoms with E-state index in [0.717, 1.165) is 0 Å². The molecule has 0 radical (unpaired) electrons. The Morgan fingerprint density at radius 2 is 2.17 bits per heavy atom. The molecule has 1 amide bonds. The van der Waals surface area contributed by atoms with Gasteiger partial charge in [0.1, 0.15) is 6.04 Å². The maximum Gasteiger partial charge on any atom is 0.273 e. The van der Waals surface area contributed by atoms with E-state index in [4.69, 9.17) is 5.26 Å². The van der Waals surface area contributed by atoms with E-state index < -0.39 is 16.9 Å². The van der Waals surface area contributed by atoms with Gasteiger partial charge in [-0.25, -0.2) is 0 Å². The Morgan fingerprint density at radius 1 is 1.56 bits per heavy atom. The number of hydrogen-bond donors (Lipinski definition) is 0. The van der Waals surface area contributed by atoms with Crippen LogP contribution in [0.3, 0.4) is 0 Å². The standard InChI is InChI=1S/C12H13N3O3/c1-8(7-13)14(3)12(16)10-5-4-6-11(9(10)2)15(17)18/h4-6,8H,1-3H3. The number of rotatable bonds is 3. The molecule has 0 aromatic heterocycles. The zero-order chi connectivity index (χ0) is 13.9. The lowest BCUT2D eigenvalue weighted by Gasteiger charge is -2.20. The van der Waals surface area contributed by atoms with E-state index in [0.29, 0.717) is 5.56 Å². The maximum atomic E-state index is 12.1. The first-order chi connectivity index (χ1) is 8.40. The normalized spacial score (nSPS) is 11.4. The Morgan fingerprint density at radius 3 is 2.67 bits per heavy atom. The number of hydrogen-bond acceptors (Lipinski definition) is 4. The van der Waals surface area contributed by atoms with E-state index in [2.05, 4.69) is 0 Å². The molecule has 0 N–H and O–H groups in total. The van der Waals surface area contributed by atoms with Gasteiger partial charge in [0, 0.05) is 24.2 Å². The highest BCUT2D eigenvalue weighted by Crippen LogP contribution is 2.22. The molecule has 1 aromatic carbocycles. The van der Waals surface area contributed by atoms with E-state index in [-0.39, 0.29) is 11.3 Å². The van der Waals surface area contributed by atoms with Crippen LogP contribution >= 0.6 is 0 Å². The number of amides is 1. The molecular formula is C12H13N3O3. The molecule has 0 saturated heterocycles. The fourth-order valence-electron chi connectivity index (χ4n) is 1.51. The number of benzene rings is 1. The molecule has 6 heteroatoms. The molecule has 1 unspecified atom stereocenters. The summed E-state index contributed by atoms with van der Waals surface area (Å²) in [6, 6.07) is 5.68. The van der Waals surface area contributed by atoms with E-state index in [1.807, 2.05) is 6.07 Å². The molecule has 18 heavy (non-hydrogen) atoms. The molecule has 94 valence electrons. The van der Waals surface area contributed by atoms with Crippen molar-refractivity contribution in [2.24, 2.45) is 0 Å². The second kappa shape index (κ2) is 5.27. The van der Waals surface area contributed by atoms with Gasteiger partial charge >= 0.3 is 0 Å². The second-order valence-corrected chi connectivity index (χ2v) is 3.93. The first-order valence-electron chi connectivity index (χ1n) is 5.31. The van der Waals surface area contributed by atoms with Crippen LogP contribution in [0.1, 0.15) is 22.8 Å². The second-order valence-electron chi connectivity index (χ2n) is 3.93. The third-order valence-corrected chi connectivity index (χ3v) is 2.82. The number of nitrogens with zero attached hydrogens (tertiary/aromatic N) is 3. The number of carbonyl (C=O) groups is 1. The fourth-order valence-corrected chi connectivity index (χ4v) is 1.51. The first-order valence-corrected chi connectivity index (χ1v) is 5.31. The number of nitriles is 1. The van der Waals surface area contributed by atoms with Gasteiger partial charge in [-0.3, -0.25) is 14.9 Å². The molecule has 0 fully saturated rings. The summed E-state index contributed by atoms with van der Waals surface area (Å²) in [5.41, 5.74) is 0.456. The highest BCUT2D eigenvalue weighted by atomic mass is 16.6. The van der Waals surface area contributed by atoms with Crippen LogP contribution in [-0.2, 0) is 0 Å². The van der Waals surface area contributed by atoms with Crippen LogP contribution in [0.4, 0.5) is 5.69 Å². The van der Waals surface area contributed by atoms with Crippen LogP contribution in [0.15, 0.2) is 18.2 Å². The van der Waals surface area contributed by atoms with Crippen molar-refractivity contribution in [1.29, 1.82) is 5.26 Å². The monoisotopic (exact) mass is 247 g/mol. The van der Waals surface area contributed by atoms with Gasteiger partial charge in [0.15, 0.2) is 0 Å². The van der Waals surface area contributed by atoms with Crippen LogP contribution in [0.25, 0.3) is 0 Å². The minimum absolute atomic E-state index is 0.0983. The summed E-state index contributed by atoms with van der Waals surface area (Å²) in [7, 11) is 1.49. The minimum Gasteiger partial charge on any atom is -0.326 e. The summed E-state index contributed by atoms with van der Waals surface area (Å²) in [4.78, 5) is 23.6. The van der Waals surface area contributed by atoms with E-state index in [1.165, 1.54) is 37.1 Å². The highest BCUT2D eigenvalue weighted by Gasteiger charge is 2.22. The first kappa shape index (κ1) is 13.6. The lowest BCUT2D eigenvalue weighted by Crippen LogP contribution is -2.34. The summed E-state index contributed by atoms with van der Waals surface area (Å²) in [6.45, 7) is 3.11. The average Bonchev–Trinajstić information content (AvgIpc) is 2.36. The Balaban J connectivity index is 3.19. The number of carbonyl (C=O) groups excluding carboxylic acids is 1. The Labute approximate surface area is 105 Å². The van der Waals surface area contributed by atoms with Crippen molar-refractivity contribution in [3.8, 4) is 6.07 Å². The molecule has 0 heterocycles. The Hall–Kier alpha value is -2.42. The molecule has 0 aliphatic carbocycles. The lowest BCUT2D eigenvalue weighted by molar-refractivity contribution is -0.385. The molecule has 0 bridgehead atoms. The highest BCUT2D eigenvalue weighted by molar-refractivity contribution is 5.96. The Kier molecular flexibility index (Phi) is 4.00. The summed E-state index contributed by atoms with van der Waals surface area (Å²) in [5, 5.41) is 19.5. The van der Waals surface area contributed by atoms with E-state index in [9.17, 15) is 14.9 Å². The SMILES string of the molecule is Cc1c(C(=O)N(C)C(C)C#N)cccc1[N+](=O)[O-]. The van der Waals surface area contributed by atoms with E-state index >= 15 is 0 Å². The van der Waals surface area contributed by atoms with Gasteiger partial charge in [0.2, 0.25) is 0 Å². The zero-order valence-corrected chi connectivity index (χ0v) is 10.4. The van der Waals surface area contributed by atoms with Gasteiger partial charge in [0.05, 0.1) is 11.0 Å². The van der Waals surface area contributed by atoms with E-state index in [1.54, 1.807) is 6.92 Å². The molecule has 0 spiro atoms. The van der Waals surface area contributed by atoms with Crippen LogP contribution in [0.5, 0.6) is 0 Å². The third kappa shape index (κ3) is 2.46. The predicted octanol–water partition coefficient (Wildman–Crippen LogP) is 1.89. The molecule has 0 aliphatic rings. The molecule has 1 aromatic rings. The smallest absolute Gasteiger partial charge is 0.273 e. The summed E-state index contributed by atoms with van der Waals surface area (Å²) >= 11 is 0. The third-order valence-electron chi connectivity index (χ3n) is 2.82. The average molecular weight is 247 g/mol. The molecular weight excluding hydrogens is 234 g/mol. The van der Waals surface area contributed by atoms with Crippen molar-refractivity contribution in [1.82, 2.24) is 4.90 Å². The van der Waals surface area contributed by atoms with Crippen molar-refractivity contribution in [2.75, 3.05) is 7.05 Å². The minimum atomic E-state index is -0.587. The van der Waals surface area contributed by atoms with Gasteiger partial charge in [0.25, 0.3) is 11.6 Å². The maximum absolute atomic E-state index is 12.1. The topological polar surface area (TPSA) is 87.2 Å². The summed E-state index contributed by atoms with van der Waals surface area (Å²) in [6.07, 6.45) is 0. The fraction of sp³-hybridized carbons (Fsp3) is 0.333. The van der Waals surface area contributed by atoms with Crippen molar-refractivity contribution in [2.45, 2.75) is 19.9 Å².